The number of nitrogens with zero attached hydrogens (tertiary/aromatic N) is 2. The summed E-state index contributed by atoms with van der Waals surface area (Å²) in [5.74, 6) is 3.10. The molecule has 3 atom stereocenters. The summed E-state index contributed by atoms with van der Waals surface area (Å²) in [6, 6.07) is 19.7. The maximum absolute atomic E-state index is 12.7. The van der Waals surface area contributed by atoms with E-state index in [9.17, 15) is 4.79 Å². The molecule has 2 aromatic carbocycles. The Morgan fingerprint density at radius 2 is 1.68 bits per heavy atom. The zero-order valence-corrected chi connectivity index (χ0v) is 17.8. The van der Waals surface area contributed by atoms with Crippen molar-refractivity contribution in [3.05, 3.63) is 66.0 Å². The molecule has 0 radical (unpaired) electrons. The van der Waals surface area contributed by atoms with Crippen molar-refractivity contribution in [2.45, 2.75) is 44.2 Å². The molecule has 160 valence electrons. The second kappa shape index (κ2) is 7.79. The van der Waals surface area contributed by atoms with Crippen molar-refractivity contribution in [2.24, 2.45) is 17.8 Å². The summed E-state index contributed by atoms with van der Waals surface area (Å²) >= 11 is 0. The van der Waals surface area contributed by atoms with Gasteiger partial charge in [-0.2, -0.15) is 0 Å². The van der Waals surface area contributed by atoms with Gasteiger partial charge in [0.05, 0.1) is 17.6 Å². The number of piperidine rings is 1. The van der Waals surface area contributed by atoms with Crippen LogP contribution in [0.25, 0.3) is 11.0 Å². The fraction of sp³-hybridized carbons (Fsp3) is 0.462. The SMILES string of the molecule is O=C(NCc1nc2ccccc2[nH]1)C1[C@H]2CN(C3CCC(c4ccccc4)CC3)C[C@@H]12. The highest BCUT2D eigenvalue weighted by Crippen LogP contribution is 2.53. The molecule has 1 unspecified atom stereocenters. The van der Waals surface area contributed by atoms with Crippen LogP contribution in [-0.2, 0) is 11.3 Å². The lowest BCUT2D eigenvalue weighted by Crippen LogP contribution is -2.39. The van der Waals surface area contributed by atoms with E-state index >= 15 is 0 Å². The number of hydrogen-bond acceptors (Lipinski definition) is 3. The number of imidazole rings is 1. The highest BCUT2D eigenvalue weighted by Gasteiger charge is 2.59. The summed E-state index contributed by atoms with van der Waals surface area (Å²) in [6.45, 7) is 2.69. The predicted octanol–water partition coefficient (Wildman–Crippen LogP) is 4.08. The largest absolute Gasteiger partial charge is 0.349 e. The van der Waals surface area contributed by atoms with E-state index in [1.165, 1.54) is 31.2 Å². The molecule has 1 amide bonds. The van der Waals surface area contributed by atoms with Gasteiger partial charge in [-0.25, -0.2) is 4.98 Å². The van der Waals surface area contributed by atoms with Crippen molar-refractivity contribution in [2.75, 3.05) is 13.1 Å². The van der Waals surface area contributed by atoms with Crippen molar-refractivity contribution in [3.63, 3.8) is 0 Å². The normalized spacial score (nSPS) is 30.3. The number of H-pyrrole nitrogens is 1. The van der Waals surface area contributed by atoms with Gasteiger partial charge in [0.25, 0.3) is 0 Å². The van der Waals surface area contributed by atoms with Crippen LogP contribution in [0.1, 0.15) is 43.0 Å². The number of aromatic nitrogens is 2. The number of fused-ring (bicyclic) bond motifs is 2. The Morgan fingerprint density at radius 1 is 0.968 bits per heavy atom. The number of amides is 1. The Hall–Kier alpha value is -2.66. The highest BCUT2D eigenvalue weighted by molar-refractivity contribution is 5.82. The minimum Gasteiger partial charge on any atom is -0.349 e. The Balaban J connectivity index is 0.975. The van der Waals surface area contributed by atoms with Crippen LogP contribution in [0.4, 0.5) is 0 Å². The molecule has 31 heavy (non-hydrogen) atoms. The van der Waals surface area contributed by atoms with Crippen LogP contribution in [0.5, 0.6) is 0 Å². The smallest absolute Gasteiger partial charge is 0.224 e. The van der Waals surface area contributed by atoms with Crippen molar-refractivity contribution in [1.82, 2.24) is 20.2 Å². The monoisotopic (exact) mass is 414 g/mol. The first-order chi connectivity index (χ1) is 15.3. The van der Waals surface area contributed by atoms with Gasteiger partial charge in [0.2, 0.25) is 5.91 Å². The highest BCUT2D eigenvalue weighted by atomic mass is 16.2. The fourth-order valence-corrected chi connectivity index (χ4v) is 6.12. The Morgan fingerprint density at radius 3 is 2.42 bits per heavy atom. The number of rotatable bonds is 5. The van der Waals surface area contributed by atoms with Gasteiger partial charge < -0.3 is 10.3 Å². The van der Waals surface area contributed by atoms with Gasteiger partial charge in [0, 0.05) is 25.0 Å². The fourth-order valence-electron chi connectivity index (χ4n) is 6.12. The molecule has 6 rings (SSSR count). The van der Waals surface area contributed by atoms with Gasteiger partial charge >= 0.3 is 0 Å². The van der Waals surface area contributed by atoms with Gasteiger partial charge in [-0.1, -0.05) is 42.5 Å². The third-order valence-corrected chi connectivity index (χ3v) is 7.88. The summed E-state index contributed by atoms with van der Waals surface area (Å²) in [7, 11) is 0. The predicted molar refractivity (Wildman–Crippen MR) is 121 cm³/mol. The molecule has 2 aliphatic carbocycles. The second-order valence-electron chi connectivity index (χ2n) is 9.64. The van der Waals surface area contributed by atoms with Crippen molar-refractivity contribution >= 4 is 16.9 Å². The van der Waals surface area contributed by atoms with E-state index in [-0.39, 0.29) is 11.8 Å². The van der Waals surface area contributed by atoms with Crippen LogP contribution in [0.15, 0.2) is 54.6 Å². The van der Waals surface area contributed by atoms with E-state index in [0.29, 0.717) is 24.4 Å². The Kier molecular flexibility index (Phi) is 4.79. The summed E-state index contributed by atoms with van der Waals surface area (Å²) in [5.41, 5.74) is 3.48. The number of aromatic amines is 1. The maximum atomic E-state index is 12.7. The molecule has 0 bridgehead atoms. The molecule has 1 saturated heterocycles. The Labute approximate surface area is 183 Å². The Bertz CT molecular complexity index is 1020. The standard InChI is InChI=1S/C26H30N4O/c31-26(27-14-24-28-22-8-4-5-9-23(22)29-24)25-20-15-30(16-21(20)25)19-12-10-18(11-13-19)17-6-2-1-3-7-17/h1-9,18-21,25H,10-16H2,(H,27,31)(H,28,29)/t18?,19?,20-,21+,25?. The molecule has 3 fully saturated rings. The molecule has 5 nitrogen and oxygen atoms in total. The lowest BCUT2D eigenvalue weighted by Gasteiger charge is -2.36. The second-order valence-corrected chi connectivity index (χ2v) is 9.64. The molecule has 2 N–H and O–H groups in total. The molecular weight excluding hydrogens is 384 g/mol. The van der Waals surface area contributed by atoms with Crippen LogP contribution in [0.2, 0.25) is 0 Å². The van der Waals surface area contributed by atoms with E-state index < -0.39 is 0 Å². The van der Waals surface area contributed by atoms with E-state index in [4.69, 9.17) is 0 Å². The number of hydrogen-bond donors (Lipinski definition) is 2. The summed E-state index contributed by atoms with van der Waals surface area (Å²) < 4.78 is 0. The first kappa shape index (κ1) is 19.1. The summed E-state index contributed by atoms with van der Waals surface area (Å²) in [6.07, 6.45) is 5.17. The van der Waals surface area contributed by atoms with E-state index in [1.54, 1.807) is 0 Å². The van der Waals surface area contributed by atoms with E-state index in [0.717, 1.165) is 35.9 Å². The van der Waals surface area contributed by atoms with Gasteiger partial charge in [-0.15, -0.1) is 0 Å². The third-order valence-electron chi connectivity index (χ3n) is 7.88. The number of carbonyl (C=O) groups excluding carboxylic acids is 1. The van der Waals surface area contributed by atoms with Gasteiger partial charge in [-0.05, 0) is 61.1 Å². The van der Waals surface area contributed by atoms with E-state index in [1.807, 2.05) is 24.3 Å². The number of benzene rings is 2. The minimum absolute atomic E-state index is 0.210. The third kappa shape index (κ3) is 3.65. The van der Waals surface area contributed by atoms with Crippen LogP contribution in [-0.4, -0.2) is 39.9 Å². The van der Waals surface area contributed by atoms with Crippen LogP contribution >= 0.6 is 0 Å². The zero-order valence-electron chi connectivity index (χ0n) is 17.8. The molecule has 1 aliphatic heterocycles. The number of para-hydroxylation sites is 2. The van der Waals surface area contributed by atoms with Crippen molar-refractivity contribution in [3.8, 4) is 0 Å². The molecule has 1 aromatic heterocycles. The molecule has 2 saturated carbocycles. The van der Waals surface area contributed by atoms with Gasteiger partial charge in [0.15, 0.2) is 0 Å². The zero-order chi connectivity index (χ0) is 20.8. The molecule has 3 aliphatic rings. The molecule has 5 heteroatoms. The van der Waals surface area contributed by atoms with Crippen molar-refractivity contribution in [1.29, 1.82) is 0 Å². The molecular formula is C26H30N4O. The van der Waals surface area contributed by atoms with Gasteiger partial charge in [-0.3, -0.25) is 9.69 Å². The molecule has 0 spiro atoms. The summed E-state index contributed by atoms with van der Waals surface area (Å²) in [5, 5.41) is 3.12. The van der Waals surface area contributed by atoms with Crippen LogP contribution in [0, 0.1) is 17.8 Å². The van der Waals surface area contributed by atoms with Gasteiger partial charge in [0.1, 0.15) is 5.82 Å². The quantitative estimate of drug-likeness (QED) is 0.661. The lowest BCUT2D eigenvalue weighted by atomic mass is 9.81. The molecule has 3 aromatic rings. The van der Waals surface area contributed by atoms with E-state index in [2.05, 4.69) is 50.5 Å². The summed E-state index contributed by atoms with van der Waals surface area (Å²) in [4.78, 5) is 23.3. The first-order valence-electron chi connectivity index (χ1n) is 11.8. The maximum Gasteiger partial charge on any atom is 0.224 e. The minimum atomic E-state index is 0.210. The van der Waals surface area contributed by atoms with Crippen molar-refractivity contribution < 1.29 is 4.79 Å². The lowest BCUT2D eigenvalue weighted by molar-refractivity contribution is -0.123. The topological polar surface area (TPSA) is 61.0 Å². The first-order valence-corrected chi connectivity index (χ1v) is 11.8. The van der Waals surface area contributed by atoms with Crippen LogP contribution < -0.4 is 5.32 Å². The average Bonchev–Trinajstić information content (AvgIpc) is 3.15. The van der Waals surface area contributed by atoms with Crippen LogP contribution in [0.3, 0.4) is 0 Å². The molecule has 2 heterocycles. The number of carbonyl (C=O) groups is 1. The number of likely N-dealkylation sites (tertiary alicyclic amines) is 1. The average molecular weight is 415 g/mol. The number of nitrogens with one attached hydrogen (secondary N) is 2.